The second kappa shape index (κ2) is 6.37. The summed E-state index contributed by atoms with van der Waals surface area (Å²) in [6, 6.07) is 5.71. The summed E-state index contributed by atoms with van der Waals surface area (Å²) in [5, 5.41) is 13.7. The van der Waals surface area contributed by atoms with Crippen LogP contribution in [0.2, 0.25) is 0 Å². The number of halogens is 1. The van der Waals surface area contributed by atoms with E-state index in [0.29, 0.717) is 6.54 Å². The number of anilines is 1. The first-order valence-corrected chi connectivity index (χ1v) is 5.60. The monoisotopic (exact) mass is 268 g/mol. The molecule has 1 aromatic carbocycles. The summed E-state index contributed by atoms with van der Waals surface area (Å²) in [5.74, 6) is -0.0698. The van der Waals surface area contributed by atoms with E-state index in [1.807, 2.05) is 32.2 Å². The van der Waals surface area contributed by atoms with E-state index in [1.54, 1.807) is 6.20 Å². The number of aromatic nitrogens is 2. The van der Waals surface area contributed by atoms with Crippen LogP contribution in [0, 0.1) is 5.92 Å². The van der Waals surface area contributed by atoms with Crippen molar-refractivity contribution in [1.82, 2.24) is 15.5 Å². The molecule has 0 aliphatic heterocycles. The van der Waals surface area contributed by atoms with E-state index in [4.69, 9.17) is 0 Å². The average Bonchev–Trinajstić information content (AvgIpc) is 2.78. The molecule has 2 rings (SSSR count). The van der Waals surface area contributed by atoms with Gasteiger partial charge in [-0.15, -0.1) is 12.4 Å². The normalized spacial score (nSPS) is 11.9. The maximum atomic E-state index is 11.9. The number of amides is 1. The standard InChI is InChI=1S/C12H16N4O.ClH/c1-8(6-13-2)12(17)15-10-5-3-4-9-7-14-16-11(9)10;/h3-5,7-8,13H,6H2,1-2H3,(H,14,16)(H,15,17);1H. The van der Waals surface area contributed by atoms with E-state index in [9.17, 15) is 4.79 Å². The van der Waals surface area contributed by atoms with Crippen molar-refractivity contribution in [3.8, 4) is 0 Å². The van der Waals surface area contributed by atoms with Gasteiger partial charge in [-0.05, 0) is 13.1 Å². The van der Waals surface area contributed by atoms with Crippen LogP contribution in [-0.4, -0.2) is 29.7 Å². The van der Waals surface area contributed by atoms with Gasteiger partial charge in [-0.2, -0.15) is 5.10 Å². The number of fused-ring (bicyclic) bond motifs is 1. The molecule has 98 valence electrons. The van der Waals surface area contributed by atoms with Gasteiger partial charge in [0, 0.05) is 17.8 Å². The number of hydrogen-bond donors (Lipinski definition) is 3. The van der Waals surface area contributed by atoms with Gasteiger partial charge >= 0.3 is 0 Å². The van der Waals surface area contributed by atoms with Gasteiger partial charge in [0.15, 0.2) is 0 Å². The average molecular weight is 269 g/mol. The maximum Gasteiger partial charge on any atom is 0.228 e. The second-order valence-electron chi connectivity index (χ2n) is 4.09. The van der Waals surface area contributed by atoms with E-state index in [-0.39, 0.29) is 24.2 Å². The van der Waals surface area contributed by atoms with Crippen LogP contribution in [0.3, 0.4) is 0 Å². The topological polar surface area (TPSA) is 69.8 Å². The van der Waals surface area contributed by atoms with Crippen molar-refractivity contribution >= 4 is 34.9 Å². The van der Waals surface area contributed by atoms with E-state index >= 15 is 0 Å². The Labute approximate surface area is 112 Å². The lowest BCUT2D eigenvalue weighted by atomic mass is 10.1. The molecule has 3 N–H and O–H groups in total. The van der Waals surface area contributed by atoms with Gasteiger partial charge in [0.1, 0.15) is 0 Å². The number of H-pyrrole nitrogens is 1. The molecule has 0 spiro atoms. The molecule has 1 unspecified atom stereocenters. The predicted molar refractivity (Wildman–Crippen MR) is 75.1 cm³/mol. The summed E-state index contributed by atoms with van der Waals surface area (Å²) in [4.78, 5) is 11.9. The zero-order chi connectivity index (χ0) is 12.3. The Morgan fingerprint density at radius 1 is 1.50 bits per heavy atom. The number of carbonyl (C=O) groups is 1. The van der Waals surface area contributed by atoms with Crippen molar-refractivity contribution in [3.63, 3.8) is 0 Å². The van der Waals surface area contributed by atoms with Crippen molar-refractivity contribution < 1.29 is 4.79 Å². The number of nitrogens with zero attached hydrogens (tertiary/aromatic N) is 1. The molecular formula is C12H17ClN4O. The summed E-state index contributed by atoms with van der Waals surface area (Å²) in [6.07, 6.45) is 1.74. The molecule has 2 aromatic rings. The fourth-order valence-corrected chi connectivity index (χ4v) is 1.73. The van der Waals surface area contributed by atoms with E-state index < -0.39 is 0 Å². The molecule has 0 aliphatic carbocycles. The molecule has 0 radical (unpaired) electrons. The first-order valence-electron chi connectivity index (χ1n) is 5.60. The molecule has 6 heteroatoms. The molecule has 1 amide bonds. The summed E-state index contributed by atoms with van der Waals surface area (Å²) < 4.78 is 0. The molecule has 5 nitrogen and oxygen atoms in total. The van der Waals surface area contributed by atoms with Crippen LogP contribution in [-0.2, 0) is 4.79 Å². The highest BCUT2D eigenvalue weighted by Gasteiger charge is 2.13. The van der Waals surface area contributed by atoms with Crippen molar-refractivity contribution in [1.29, 1.82) is 0 Å². The van der Waals surface area contributed by atoms with Crippen LogP contribution < -0.4 is 10.6 Å². The third kappa shape index (κ3) is 3.00. The Balaban J connectivity index is 0.00000162. The lowest BCUT2D eigenvalue weighted by molar-refractivity contribution is -0.119. The zero-order valence-corrected chi connectivity index (χ0v) is 11.2. The van der Waals surface area contributed by atoms with Crippen LogP contribution in [0.1, 0.15) is 6.92 Å². The Bertz CT molecular complexity index is 526. The maximum absolute atomic E-state index is 11.9. The summed E-state index contributed by atoms with van der Waals surface area (Å²) in [6.45, 7) is 2.55. The Kier molecular flexibility index (Phi) is 5.12. The minimum Gasteiger partial charge on any atom is -0.324 e. The molecule has 0 fully saturated rings. The molecule has 0 saturated carbocycles. The number of rotatable bonds is 4. The van der Waals surface area contributed by atoms with Gasteiger partial charge < -0.3 is 10.6 Å². The summed E-state index contributed by atoms with van der Waals surface area (Å²) >= 11 is 0. The number of nitrogens with one attached hydrogen (secondary N) is 3. The first kappa shape index (κ1) is 14.5. The minimum atomic E-state index is -0.0711. The fourth-order valence-electron chi connectivity index (χ4n) is 1.73. The minimum absolute atomic E-state index is 0. The predicted octanol–water partition coefficient (Wildman–Crippen LogP) is 1.78. The zero-order valence-electron chi connectivity index (χ0n) is 10.4. The lowest BCUT2D eigenvalue weighted by Crippen LogP contribution is -2.28. The quantitative estimate of drug-likeness (QED) is 0.792. The van der Waals surface area contributed by atoms with Crippen molar-refractivity contribution in [2.75, 3.05) is 18.9 Å². The number of hydrogen-bond acceptors (Lipinski definition) is 3. The van der Waals surface area contributed by atoms with E-state index in [1.165, 1.54) is 0 Å². The molecule has 0 bridgehead atoms. The van der Waals surface area contributed by atoms with Gasteiger partial charge in [-0.1, -0.05) is 19.1 Å². The first-order chi connectivity index (χ1) is 8.22. The number of para-hydroxylation sites is 1. The molecule has 1 aromatic heterocycles. The molecule has 0 aliphatic rings. The van der Waals surface area contributed by atoms with Crippen LogP contribution >= 0.6 is 12.4 Å². The molecule has 0 saturated heterocycles. The van der Waals surface area contributed by atoms with Crippen LogP contribution in [0.5, 0.6) is 0 Å². The highest BCUT2D eigenvalue weighted by molar-refractivity contribution is 6.00. The van der Waals surface area contributed by atoms with E-state index in [2.05, 4.69) is 20.8 Å². The molecule has 1 heterocycles. The largest absolute Gasteiger partial charge is 0.324 e. The molecule has 18 heavy (non-hydrogen) atoms. The smallest absolute Gasteiger partial charge is 0.228 e. The number of aromatic amines is 1. The number of benzene rings is 1. The Morgan fingerprint density at radius 2 is 2.28 bits per heavy atom. The van der Waals surface area contributed by atoms with Crippen molar-refractivity contribution in [2.24, 2.45) is 5.92 Å². The van der Waals surface area contributed by atoms with Crippen molar-refractivity contribution in [3.05, 3.63) is 24.4 Å². The van der Waals surface area contributed by atoms with Gasteiger partial charge in [0.25, 0.3) is 0 Å². The Morgan fingerprint density at radius 3 is 3.00 bits per heavy atom. The molecule has 1 atom stereocenters. The summed E-state index contributed by atoms with van der Waals surface area (Å²) in [7, 11) is 1.83. The lowest BCUT2D eigenvalue weighted by Gasteiger charge is -2.11. The van der Waals surface area contributed by atoms with Gasteiger partial charge in [0.05, 0.1) is 17.4 Å². The number of carbonyl (C=O) groups excluding carboxylic acids is 1. The van der Waals surface area contributed by atoms with Crippen LogP contribution in [0.15, 0.2) is 24.4 Å². The van der Waals surface area contributed by atoms with Gasteiger partial charge in [-0.25, -0.2) is 0 Å². The van der Waals surface area contributed by atoms with E-state index in [0.717, 1.165) is 16.6 Å². The Hall–Kier alpha value is -1.59. The highest BCUT2D eigenvalue weighted by Crippen LogP contribution is 2.20. The second-order valence-corrected chi connectivity index (χ2v) is 4.09. The van der Waals surface area contributed by atoms with Crippen LogP contribution in [0.25, 0.3) is 10.9 Å². The van der Waals surface area contributed by atoms with Gasteiger partial charge in [0.2, 0.25) is 5.91 Å². The highest BCUT2D eigenvalue weighted by atomic mass is 35.5. The third-order valence-electron chi connectivity index (χ3n) is 2.69. The SMILES string of the molecule is CNCC(C)C(=O)Nc1cccc2cn[nH]c12.Cl. The molecular weight excluding hydrogens is 252 g/mol. The third-order valence-corrected chi connectivity index (χ3v) is 2.69. The van der Waals surface area contributed by atoms with Crippen molar-refractivity contribution in [2.45, 2.75) is 6.92 Å². The van der Waals surface area contributed by atoms with Crippen LogP contribution in [0.4, 0.5) is 5.69 Å². The fraction of sp³-hybridized carbons (Fsp3) is 0.333. The van der Waals surface area contributed by atoms with Gasteiger partial charge in [-0.3, -0.25) is 9.89 Å². The summed E-state index contributed by atoms with van der Waals surface area (Å²) in [5.41, 5.74) is 1.63.